The standard InChI is InChI=1S/C24H28N2O2/c1-4-6-7-17-15-26-14-16(5-2)20(17)13-23(26)24(27)19-10-11-25-22-9-8-18(28-3)12-21(19)22/h1,5,8-12,16-17,20,23-24,27H,2,6-7,13-15H2,3H3/t16-,17?,20?,23-,24+/m0/s1. The monoisotopic (exact) mass is 376 g/mol. The van der Waals surface area contributed by atoms with Gasteiger partial charge < -0.3 is 9.84 Å². The molecule has 1 N–H and O–H groups in total. The number of benzene rings is 1. The van der Waals surface area contributed by atoms with Crippen molar-refractivity contribution >= 4 is 10.9 Å². The average molecular weight is 377 g/mol. The zero-order chi connectivity index (χ0) is 19.7. The molecular formula is C24H28N2O2. The summed E-state index contributed by atoms with van der Waals surface area (Å²) in [6, 6.07) is 7.87. The molecule has 0 radical (unpaired) electrons. The van der Waals surface area contributed by atoms with Crippen molar-refractivity contribution < 1.29 is 9.84 Å². The van der Waals surface area contributed by atoms with Gasteiger partial charge in [-0.05, 0) is 60.4 Å². The lowest BCUT2D eigenvalue weighted by Gasteiger charge is -2.54. The Balaban J connectivity index is 1.63. The Morgan fingerprint density at radius 1 is 1.43 bits per heavy atom. The normalized spacial score (nSPS) is 30.0. The van der Waals surface area contributed by atoms with Gasteiger partial charge in [-0.2, -0.15) is 0 Å². The number of ether oxygens (including phenoxy) is 1. The van der Waals surface area contributed by atoms with E-state index in [1.165, 1.54) is 0 Å². The Kier molecular flexibility index (Phi) is 5.39. The van der Waals surface area contributed by atoms with Gasteiger partial charge in [-0.25, -0.2) is 0 Å². The number of piperidine rings is 3. The molecule has 1 aromatic carbocycles. The second-order valence-electron chi connectivity index (χ2n) is 8.05. The summed E-state index contributed by atoms with van der Waals surface area (Å²) in [6.45, 7) is 6.03. The van der Waals surface area contributed by atoms with Crippen LogP contribution in [-0.4, -0.2) is 41.2 Å². The molecule has 3 unspecified atom stereocenters. The SMILES string of the molecule is C#CCCC1CN2C[C@H](C=C)C1C[C@H]2[C@H](O)c1ccnc2ccc(OC)cc12. The predicted molar refractivity (Wildman–Crippen MR) is 112 cm³/mol. The number of aliphatic hydroxyl groups is 1. The lowest BCUT2D eigenvalue weighted by atomic mass is 9.67. The van der Waals surface area contributed by atoms with Crippen molar-refractivity contribution in [1.82, 2.24) is 9.88 Å². The van der Waals surface area contributed by atoms with Crippen molar-refractivity contribution in [2.75, 3.05) is 20.2 Å². The lowest BCUT2D eigenvalue weighted by Crippen LogP contribution is -2.58. The Morgan fingerprint density at radius 3 is 3.00 bits per heavy atom. The molecule has 2 aromatic rings. The largest absolute Gasteiger partial charge is 0.497 e. The van der Waals surface area contributed by atoms with Crippen LogP contribution in [0.5, 0.6) is 5.75 Å². The van der Waals surface area contributed by atoms with Gasteiger partial charge >= 0.3 is 0 Å². The summed E-state index contributed by atoms with van der Waals surface area (Å²) in [4.78, 5) is 6.90. The summed E-state index contributed by atoms with van der Waals surface area (Å²) >= 11 is 0. The zero-order valence-electron chi connectivity index (χ0n) is 16.4. The van der Waals surface area contributed by atoms with Crippen LogP contribution in [0.15, 0.2) is 43.1 Å². The maximum absolute atomic E-state index is 11.4. The molecule has 4 heterocycles. The Labute approximate surface area is 167 Å². The van der Waals surface area contributed by atoms with Gasteiger partial charge in [-0.15, -0.1) is 18.9 Å². The number of terminal acetylenes is 1. The van der Waals surface area contributed by atoms with E-state index in [2.05, 4.69) is 28.5 Å². The molecule has 0 spiro atoms. The number of aliphatic hydroxyl groups excluding tert-OH is 1. The molecule has 3 aliphatic heterocycles. The Hall–Kier alpha value is -2.35. The second kappa shape index (κ2) is 7.95. The number of pyridine rings is 1. The van der Waals surface area contributed by atoms with Crippen molar-refractivity contribution in [1.29, 1.82) is 0 Å². The highest BCUT2D eigenvalue weighted by atomic mass is 16.5. The molecule has 146 valence electrons. The third-order valence-corrected chi connectivity index (χ3v) is 6.68. The van der Waals surface area contributed by atoms with Crippen molar-refractivity contribution in [3.05, 3.63) is 48.7 Å². The van der Waals surface area contributed by atoms with E-state index < -0.39 is 6.10 Å². The van der Waals surface area contributed by atoms with E-state index in [1.54, 1.807) is 13.3 Å². The second-order valence-corrected chi connectivity index (χ2v) is 8.05. The van der Waals surface area contributed by atoms with E-state index in [9.17, 15) is 5.11 Å². The number of hydrogen-bond donors (Lipinski definition) is 1. The number of nitrogens with zero attached hydrogens (tertiary/aromatic N) is 2. The van der Waals surface area contributed by atoms with Gasteiger partial charge in [0.25, 0.3) is 0 Å². The quantitative estimate of drug-likeness (QED) is 0.615. The summed E-state index contributed by atoms with van der Waals surface area (Å²) in [7, 11) is 1.66. The molecule has 4 nitrogen and oxygen atoms in total. The highest BCUT2D eigenvalue weighted by Crippen LogP contribution is 2.46. The summed E-state index contributed by atoms with van der Waals surface area (Å²) in [5.41, 5.74) is 1.81. The first-order valence-electron chi connectivity index (χ1n) is 10.1. The average Bonchev–Trinajstić information content (AvgIpc) is 2.76. The van der Waals surface area contributed by atoms with Crippen molar-refractivity contribution in [3.63, 3.8) is 0 Å². The summed E-state index contributed by atoms with van der Waals surface area (Å²) in [5, 5.41) is 12.3. The molecule has 3 fully saturated rings. The summed E-state index contributed by atoms with van der Waals surface area (Å²) in [6.07, 6.45) is 11.7. The molecular weight excluding hydrogens is 348 g/mol. The molecule has 6 atom stereocenters. The number of methoxy groups -OCH3 is 1. The minimum Gasteiger partial charge on any atom is -0.497 e. The fourth-order valence-corrected chi connectivity index (χ4v) is 5.22. The highest BCUT2D eigenvalue weighted by molar-refractivity contribution is 5.83. The van der Waals surface area contributed by atoms with Crippen LogP contribution in [0.3, 0.4) is 0 Å². The van der Waals surface area contributed by atoms with Crippen LogP contribution >= 0.6 is 0 Å². The molecule has 0 aliphatic carbocycles. The minimum atomic E-state index is -0.556. The van der Waals surface area contributed by atoms with E-state index in [0.717, 1.165) is 54.6 Å². The van der Waals surface area contributed by atoms with Gasteiger partial charge in [-0.1, -0.05) is 6.08 Å². The topological polar surface area (TPSA) is 45.6 Å². The van der Waals surface area contributed by atoms with Gasteiger partial charge in [0.1, 0.15) is 5.75 Å². The first-order chi connectivity index (χ1) is 13.7. The van der Waals surface area contributed by atoms with Gasteiger partial charge in [0.2, 0.25) is 0 Å². The molecule has 1 aromatic heterocycles. The van der Waals surface area contributed by atoms with Crippen LogP contribution in [0.25, 0.3) is 10.9 Å². The van der Waals surface area contributed by atoms with E-state index in [0.29, 0.717) is 17.8 Å². The van der Waals surface area contributed by atoms with E-state index in [4.69, 9.17) is 11.2 Å². The third kappa shape index (κ3) is 3.30. The Bertz CT molecular complexity index is 903. The lowest BCUT2D eigenvalue weighted by molar-refractivity contribution is -0.0764. The number of rotatable bonds is 6. The fraction of sp³-hybridized carbons (Fsp3) is 0.458. The molecule has 3 aliphatic rings. The van der Waals surface area contributed by atoms with Gasteiger partial charge in [-0.3, -0.25) is 9.88 Å². The van der Waals surface area contributed by atoms with E-state index >= 15 is 0 Å². The van der Waals surface area contributed by atoms with Crippen LogP contribution in [-0.2, 0) is 0 Å². The molecule has 28 heavy (non-hydrogen) atoms. The number of fused-ring (bicyclic) bond motifs is 4. The van der Waals surface area contributed by atoms with Gasteiger partial charge in [0.15, 0.2) is 0 Å². The summed E-state index contributed by atoms with van der Waals surface area (Å²) < 4.78 is 5.39. The van der Waals surface area contributed by atoms with E-state index in [1.807, 2.05) is 24.3 Å². The van der Waals surface area contributed by atoms with Gasteiger partial charge in [0.05, 0.1) is 18.7 Å². The minimum absolute atomic E-state index is 0.111. The molecule has 2 bridgehead atoms. The van der Waals surface area contributed by atoms with Crippen molar-refractivity contribution in [2.45, 2.75) is 31.4 Å². The number of aromatic nitrogens is 1. The highest BCUT2D eigenvalue weighted by Gasteiger charge is 2.46. The maximum Gasteiger partial charge on any atom is 0.119 e. The van der Waals surface area contributed by atoms with Crippen LogP contribution in [0.2, 0.25) is 0 Å². The third-order valence-electron chi connectivity index (χ3n) is 6.68. The molecule has 4 heteroatoms. The van der Waals surface area contributed by atoms with Gasteiger partial charge in [0, 0.05) is 37.1 Å². The predicted octanol–water partition coefficient (Wildman–Crippen LogP) is 3.81. The van der Waals surface area contributed by atoms with Crippen LogP contribution in [0.4, 0.5) is 0 Å². The maximum atomic E-state index is 11.4. The zero-order valence-corrected chi connectivity index (χ0v) is 16.4. The van der Waals surface area contributed by atoms with Crippen LogP contribution in [0, 0.1) is 30.1 Å². The first-order valence-corrected chi connectivity index (χ1v) is 10.1. The van der Waals surface area contributed by atoms with E-state index in [-0.39, 0.29) is 6.04 Å². The first kappa shape index (κ1) is 19.0. The molecule has 0 saturated carbocycles. The van der Waals surface area contributed by atoms with Crippen LogP contribution < -0.4 is 4.74 Å². The van der Waals surface area contributed by atoms with Crippen LogP contribution in [0.1, 0.15) is 30.9 Å². The summed E-state index contributed by atoms with van der Waals surface area (Å²) in [5.74, 6) is 5.17. The van der Waals surface area contributed by atoms with Crippen molar-refractivity contribution in [2.24, 2.45) is 17.8 Å². The Morgan fingerprint density at radius 2 is 2.29 bits per heavy atom. The molecule has 5 rings (SSSR count). The number of hydrogen-bond acceptors (Lipinski definition) is 4. The fourth-order valence-electron chi connectivity index (χ4n) is 5.22. The smallest absolute Gasteiger partial charge is 0.119 e. The van der Waals surface area contributed by atoms with Crippen molar-refractivity contribution in [3.8, 4) is 18.1 Å². The molecule has 0 amide bonds. The molecule has 3 saturated heterocycles.